The van der Waals surface area contributed by atoms with Gasteiger partial charge in [0.15, 0.2) is 0 Å². The molecule has 0 spiro atoms. The number of rotatable bonds is 8. The second-order valence-electron chi connectivity index (χ2n) is 7.19. The molecule has 2 aromatic rings. The second-order valence-corrected chi connectivity index (χ2v) is 8.41. The quantitative estimate of drug-likeness (QED) is 0.622. The zero-order chi connectivity index (χ0) is 20.3. The van der Waals surface area contributed by atoms with Gasteiger partial charge in [0.05, 0.1) is 12.2 Å². The van der Waals surface area contributed by atoms with Gasteiger partial charge in [-0.1, -0.05) is 0 Å². The fraction of sp³-hybridized carbons (Fsp3) is 0.529. The first-order valence-electron chi connectivity index (χ1n) is 9.06. The first-order valence-corrected chi connectivity index (χ1v) is 10.5. The highest BCUT2D eigenvalue weighted by Gasteiger charge is 2.28. The van der Waals surface area contributed by atoms with Crippen molar-refractivity contribution in [3.63, 3.8) is 0 Å². The molecule has 3 rings (SSSR count). The second kappa shape index (κ2) is 8.33. The van der Waals surface area contributed by atoms with Gasteiger partial charge in [-0.25, -0.2) is 15.1 Å². The summed E-state index contributed by atoms with van der Waals surface area (Å²) in [6, 6.07) is 1.87. The number of anilines is 1. The van der Waals surface area contributed by atoms with Crippen molar-refractivity contribution in [2.75, 3.05) is 11.9 Å². The molecule has 0 amide bonds. The topological polar surface area (TPSA) is 142 Å². The number of carbonyl (C=O) groups excluding carboxylic acids is 1. The van der Waals surface area contributed by atoms with E-state index in [9.17, 15) is 13.2 Å². The summed E-state index contributed by atoms with van der Waals surface area (Å²) < 4.78 is 28.3. The SMILES string of the molecule is CC(C)n1ccc(C(=O)c2cncnc2N[C@H]2CC[C@@H](COS(N)(=O)=O)C2)n1. The lowest BCUT2D eigenvalue weighted by Crippen LogP contribution is -2.22. The van der Waals surface area contributed by atoms with Crippen molar-refractivity contribution in [2.45, 2.75) is 45.2 Å². The number of aromatic nitrogens is 4. The zero-order valence-electron chi connectivity index (χ0n) is 15.8. The minimum atomic E-state index is -3.94. The largest absolute Gasteiger partial charge is 0.367 e. The van der Waals surface area contributed by atoms with Crippen molar-refractivity contribution in [1.82, 2.24) is 19.7 Å². The highest BCUT2D eigenvalue weighted by atomic mass is 32.2. The Morgan fingerprint density at radius 1 is 1.43 bits per heavy atom. The van der Waals surface area contributed by atoms with Gasteiger partial charge in [0, 0.05) is 24.5 Å². The molecule has 0 bridgehead atoms. The molecule has 0 aliphatic heterocycles. The molecule has 1 fully saturated rings. The highest BCUT2D eigenvalue weighted by molar-refractivity contribution is 7.84. The van der Waals surface area contributed by atoms with Crippen LogP contribution in [-0.4, -0.2) is 46.6 Å². The van der Waals surface area contributed by atoms with Gasteiger partial charge in [-0.05, 0) is 45.1 Å². The fourth-order valence-electron chi connectivity index (χ4n) is 3.24. The molecule has 3 N–H and O–H groups in total. The Hall–Kier alpha value is -2.37. The van der Waals surface area contributed by atoms with Gasteiger partial charge in [0.2, 0.25) is 5.78 Å². The van der Waals surface area contributed by atoms with Gasteiger partial charge in [0.25, 0.3) is 0 Å². The molecular weight excluding hydrogens is 384 g/mol. The minimum absolute atomic E-state index is 0.0451. The summed E-state index contributed by atoms with van der Waals surface area (Å²) >= 11 is 0. The Morgan fingerprint density at radius 3 is 2.89 bits per heavy atom. The molecule has 10 nitrogen and oxygen atoms in total. The number of nitrogens with zero attached hydrogens (tertiary/aromatic N) is 4. The van der Waals surface area contributed by atoms with Gasteiger partial charge in [-0.3, -0.25) is 13.7 Å². The standard InChI is InChI=1S/C17H24N6O4S/c1-11(2)23-6-5-15(22-23)16(24)14-8-19-10-20-17(14)21-13-4-3-12(7-13)9-27-28(18,25)26/h5-6,8,10-13H,3-4,7,9H2,1-2H3,(H2,18,25,26)(H,19,20,21)/t12-,13+/m1/s1. The van der Waals surface area contributed by atoms with E-state index in [1.54, 1.807) is 16.9 Å². The van der Waals surface area contributed by atoms with Crippen LogP contribution >= 0.6 is 0 Å². The van der Waals surface area contributed by atoms with Crippen molar-refractivity contribution in [1.29, 1.82) is 0 Å². The molecule has 1 aliphatic carbocycles. The maximum absolute atomic E-state index is 12.9. The monoisotopic (exact) mass is 408 g/mol. The number of nitrogens with one attached hydrogen (secondary N) is 1. The van der Waals surface area contributed by atoms with Crippen LogP contribution < -0.4 is 10.5 Å². The van der Waals surface area contributed by atoms with E-state index in [-0.39, 0.29) is 30.4 Å². The van der Waals surface area contributed by atoms with Crippen LogP contribution in [0.2, 0.25) is 0 Å². The fourth-order valence-corrected chi connectivity index (χ4v) is 3.62. The van der Waals surface area contributed by atoms with E-state index in [0.717, 1.165) is 12.8 Å². The maximum atomic E-state index is 12.9. The van der Waals surface area contributed by atoms with Crippen LogP contribution in [0.5, 0.6) is 0 Å². The number of hydrogen-bond acceptors (Lipinski definition) is 8. The lowest BCUT2D eigenvalue weighted by atomic mass is 10.1. The summed E-state index contributed by atoms with van der Waals surface area (Å²) in [6.45, 7) is 4.02. The van der Waals surface area contributed by atoms with Crippen molar-refractivity contribution in [3.8, 4) is 0 Å². The predicted molar refractivity (Wildman–Crippen MR) is 102 cm³/mol. The molecule has 152 valence electrons. The Bertz CT molecular complexity index is 943. The molecule has 0 radical (unpaired) electrons. The summed E-state index contributed by atoms with van der Waals surface area (Å²) in [4.78, 5) is 21.0. The number of ketones is 1. The number of carbonyl (C=O) groups is 1. The predicted octanol–water partition coefficient (Wildman–Crippen LogP) is 1.29. The van der Waals surface area contributed by atoms with Crippen molar-refractivity contribution < 1.29 is 17.4 Å². The van der Waals surface area contributed by atoms with Crippen molar-refractivity contribution >= 4 is 21.9 Å². The summed E-state index contributed by atoms with van der Waals surface area (Å²) in [5.74, 6) is 0.255. The molecule has 2 heterocycles. The molecule has 11 heteroatoms. The van der Waals surface area contributed by atoms with Crippen LogP contribution in [0.4, 0.5) is 5.82 Å². The van der Waals surface area contributed by atoms with Crippen LogP contribution in [-0.2, 0) is 14.5 Å². The van der Waals surface area contributed by atoms with E-state index in [0.29, 0.717) is 23.5 Å². The molecule has 1 saturated carbocycles. The van der Waals surface area contributed by atoms with E-state index in [2.05, 4.69) is 24.6 Å². The van der Waals surface area contributed by atoms with Crippen LogP contribution in [0.3, 0.4) is 0 Å². The third-order valence-electron chi connectivity index (χ3n) is 4.68. The lowest BCUT2D eigenvalue weighted by Gasteiger charge is -2.15. The van der Waals surface area contributed by atoms with E-state index in [1.165, 1.54) is 12.5 Å². The van der Waals surface area contributed by atoms with Gasteiger partial charge in [0.1, 0.15) is 17.8 Å². The van der Waals surface area contributed by atoms with E-state index < -0.39 is 10.3 Å². The average molecular weight is 408 g/mol. The van der Waals surface area contributed by atoms with Gasteiger partial charge in [-0.15, -0.1) is 0 Å². The minimum Gasteiger partial charge on any atom is -0.367 e. The van der Waals surface area contributed by atoms with Gasteiger partial charge in [-0.2, -0.15) is 13.5 Å². The van der Waals surface area contributed by atoms with Gasteiger partial charge >= 0.3 is 10.3 Å². The maximum Gasteiger partial charge on any atom is 0.333 e. The van der Waals surface area contributed by atoms with E-state index in [1.807, 2.05) is 13.8 Å². The molecular formula is C17H24N6O4S. The lowest BCUT2D eigenvalue weighted by molar-refractivity contribution is 0.103. The van der Waals surface area contributed by atoms with Crippen LogP contribution in [0.1, 0.15) is 55.2 Å². The molecule has 28 heavy (non-hydrogen) atoms. The molecule has 0 aromatic carbocycles. The molecule has 2 atom stereocenters. The Balaban J connectivity index is 1.68. The third-order valence-corrected chi connectivity index (χ3v) is 5.14. The normalized spacial score (nSPS) is 19.9. The van der Waals surface area contributed by atoms with Crippen molar-refractivity contribution in [3.05, 3.63) is 36.0 Å². The zero-order valence-corrected chi connectivity index (χ0v) is 16.6. The molecule has 2 aromatic heterocycles. The number of nitrogens with two attached hydrogens (primary N) is 1. The first kappa shape index (κ1) is 20.4. The average Bonchev–Trinajstić information content (AvgIpc) is 3.29. The molecule has 0 unspecified atom stereocenters. The first-order chi connectivity index (χ1) is 13.2. The van der Waals surface area contributed by atoms with Crippen molar-refractivity contribution in [2.24, 2.45) is 11.1 Å². The summed E-state index contributed by atoms with van der Waals surface area (Å²) in [7, 11) is -3.94. The van der Waals surface area contributed by atoms with Crippen LogP contribution in [0.25, 0.3) is 0 Å². The molecule has 1 aliphatic rings. The van der Waals surface area contributed by atoms with Crippen LogP contribution in [0, 0.1) is 5.92 Å². The van der Waals surface area contributed by atoms with E-state index in [4.69, 9.17) is 5.14 Å². The Morgan fingerprint density at radius 2 is 2.21 bits per heavy atom. The summed E-state index contributed by atoms with van der Waals surface area (Å²) in [6.07, 6.45) is 6.90. The smallest absolute Gasteiger partial charge is 0.333 e. The summed E-state index contributed by atoms with van der Waals surface area (Å²) in [5.41, 5.74) is 0.679. The Kier molecular flexibility index (Phi) is 6.06. The van der Waals surface area contributed by atoms with E-state index >= 15 is 0 Å². The number of hydrogen-bond donors (Lipinski definition) is 2. The van der Waals surface area contributed by atoms with Crippen LogP contribution in [0.15, 0.2) is 24.8 Å². The molecule has 0 saturated heterocycles. The third kappa shape index (κ3) is 5.12. The summed E-state index contributed by atoms with van der Waals surface area (Å²) in [5, 5.41) is 12.5. The van der Waals surface area contributed by atoms with Gasteiger partial charge < -0.3 is 5.32 Å². The Labute approximate surface area is 163 Å². The highest BCUT2D eigenvalue weighted by Crippen LogP contribution is 2.29.